The molecule has 22 heavy (non-hydrogen) atoms. The van der Waals surface area contributed by atoms with Gasteiger partial charge in [0.15, 0.2) is 0 Å². The van der Waals surface area contributed by atoms with Crippen molar-refractivity contribution in [2.24, 2.45) is 0 Å². The molecule has 0 N–H and O–H groups in total. The first-order chi connectivity index (χ1) is 10.7. The molecule has 3 aromatic carbocycles. The summed E-state index contributed by atoms with van der Waals surface area (Å²) in [4.78, 5) is 0. The van der Waals surface area contributed by atoms with Crippen LogP contribution in [-0.4, -0.2) is 2.78 Å². The highest BCUT2D eigenvalue weighted by molar-refractivity contribution is 14.1. The quantitative estimate of drug-likeness (QED) is 0.250. The van der Waals surface area contributed by atoms with E-state index in [0.717, 1.165) is 0 Å². The number of aryl methyl sites for hydroxylation is 1. The number of thiophene rings is 1. The van der Waals surface area contributed by atoms with Gasteiger partial charge in [0.05, 0.1) is 33.9 Å². The predicted octanol–water partition coefficient (Wildman–Crippen LogP) is 6.67. The molecule has 0 saturated heterocycles. The van der Waals surface area contributed by atoms with Crippen LogP contribution in [0, 0.1) is 6.92 Å². The van der Waals surface area contributed by atoms with Crippen molar-refractivity contribution in [2.45, 2.75) is 6.92 Å². The van der Waals surface area contributed by atoms with Gasteiger partial charge < -0.3 is 0 Å². The lowest BCUT2D eigenvalue weighted by Gasteiger charge is -1.96. The summed E-state index contributed by atoms with van der Waals surface area (Å²) in [7, 11) is 0. The van der Waals surface area contributed by atoms with Gasteiger partial charge in [0, 0.05) is 30.9 Å². The normalized spacial score (nSPS) is 12.1. The van der Waals surface area contributed by atoms with E-state index in [-0.39, 0.29) is 0 Å². The molecule has 5 rings (SSSR count). The highest BCUT2D eigenvalue weighted by atomic mass is 127. The Morgan fingerprint density at radius 3 is 2.50 bits per heavy atom. The largest absolute Gasteiger partial charge is 0.282 e. The van der Waals surface area contributed by atoms with Crippen LogP contribution in [0.3, 0.4) is 0 Å². The standard InChI is InChI=1S/C19H12INS/c1-11-6-7-16-13(8-11)14-9-15-12-4-2-3-5-18(12)22-19(15)10-17(14)21(16)20/h2-10H,1H3. The molecule has 0 amide bonds. The predicted molar refractivity (Wildman–Crippen MR) is 106 cm³/mol. The Hall–Kier alpha value is -1.59. The lowest BCUT2D eigenvalue weighted by molar-refractivity contribution is 1.47. The molecule has 2 aromatic heterocycles. The summed E-state index contributed by atoms with van der Waals surface area (Å²) < 4.78 is 5.02. The van der Waals surface area contributed by atoms with Crippen LogP contribution >= 0.6 is 34.2 Å². The lowest BCUT2D eigenvalue weighted by Crippen LogP contribution is -1.77. The maximum absolute atomic E-state index is 2.42. The number of halogens is 1. The summed E-state index contributed by atoms with van der Waals surface area (Å²) in [5, 5.41) is 5.44. The average Bonchev–Trinajstić information content (AvgIpc) is 3.02. The number of nitrogens with zero attached hydrogens (tertiary/aromatic N) is 1. The van der Waals surface area contributed by atoms with Crippen LogP contribution in [0.5, 0.6) is 0 Å². The number of fused-ring (bicyclic) bond motifs is 6. The molecule has 0 atom stereocenters. The minimum Gasteiger partial charge on any atom is -0.282 e. The maximum Gasteiger partial charge on any atom is 0.0646 e. The summed E-state index contributed by atoms with van der Waals surface area (Å²) in [6, 6.07) is 20.1. The number of aromatic nitrogens is 1. The van der Waals surface area contributed by atoms with Gasteiger partial charge in [-0.25, -0.2) is 0 Å². The highest BCUT2D eigenvalue weighted by Gasteiger charge is 2.13. The lowest BCUT2D eigenvalue weighted by atomic mass is 10.1. The number of hydrogen-bond donors (Lipinski definition) is 0. The van der Waals surface area contributed by atoms with Crippen molar-refractivity contribution in [1.29, 1.82) is 0 Å². The van der Waals surface area contributed by atoms with Crippen molar-refractivity contribution in [1.82, 2.24) is 2.78 Å². The molecule has 0 radical (unpaired) electrons. The van der Waals surface area contributed by atoms with Gasteiger partial charge in [-0.2, -0.15) is 0 Å². The zero-order chi connectivity index (χ0) is 14.8. The Morgan fingerprint density at radius 1 is 0.773 bits per heavy atom. The average molecular weight is 413 g/mol. The molecule has 0 aliphatic heterocycles. The van der Waals surface area contributed by atoms with Gasteiger partial charge in [0.25, 0.3) is 0 Å². The summed E-state index contributed by atoms with van der Waals surface area (Å²) in [6.07, 6.45) is 0. The minimum absolute atomic E-state index is 1.29. The van der Waals surface area contributed by atoms with Crippen LogP contribution < -0.4 is 0 Å². The smallest absolute Gasteiger partial charge is 0.0646 e. The maximum atomic E-state index is 2.42. The number of rotatable bonds is 0. The van der Waals surface area contributed by atoms with E-state index in [0.29, 0.717) is 0 Å². The molecule has 0 bridgehead atoms. The molecule has 0 aliphatic rings. The molecule has 106 valence electrons. The van der Waals surface area contributed by atoms with Crippen LogP contribution in [0.1, 0.15) is 5.56 Å². The summed E-state index contributed by atoms with van der Waals surface area (Å²) in [5.41, 5.74) is 3.91. The van der Waals surface area contributed by atoms with Crippen molar-refractivity contribution >= 4 is 76.2 Å². The SMILES string of the molecule is Cc1ccc2c(c1)c1cc3c(cc1n2I)sc1ccccc13. The van der Waals surface area contributed by atoms with E-state index in [1.54, 1.807) is 0 Å². The Balaban J connectivity index is 2.06. The van der Waals surface area contributed by atoms with Gasteiger partial charge in [-0.05, 0) is 37.3 Å². The molecule has 0 fully saturated rings. The number of benzene rings is 3. The van der Waals surface area contributed by atoms with Gasteiger partial charge in [0.2, 0.25) is 0 Å². The molecular formula is C19H12INS. The van der Waals surface area contributed by atoms with E-state index in [1.807, 2.05) is 11.3 Å². The molecule has 2 heterocycles. The third-order valence-corrected chi connectivity index (χ3v) is 6.53. The third kappa shape index (κ3) is 1.64. The topological polar surface area (TPSA) is 4.93 Å². The number of hydrogen-bond acceptors (Lipinski definition) is 1. The van der Waals surface area contributed by atoms with Gasteiger partial charge in [-0.15, -0.1) is 11.3 Å². The molecular weight excluding hydrogens is 401 g/mol. The molecule has 0 aliphatic carbocycles. The monoisotopic (exact) mass is 413 g/mol. The minimum atomic E-state index is 1.29. The van der Waals surface area contributed by atoms with Crippen molar-refractivity contribution in [2.75, 3.05) is 0 Å². The van der Waals surface area contributed by atoms with E-state index >= 15 is 0 Å². The van der Waals surface area contributed by atoms with Crippen molar-refractivity contribution in [3.63, 3.8) is 0 Å². The molecule has 3 heteroatoms. The zero-order valence-electron chi connectivity index (χ0n) is 11.9. The van der Waals surface area contributed by atoms with Gasteiger partial charge in [-0.3, -0.25) is 2.78 Å². The fraction of sp³-hybridized carbons (Fsp3) is 0.0526. The first-order valence-corrected chi connectivity index (χ1v) is 9.03. The fourth-order valence-corrected chi connectivity index (χ4v) is 5.25. The Labute approximate surface area is 145 Å². The molecule has 0 spiro atoms. The van der Waals surface area contributed by atoms with Crippen LogP contribution in [0.4, 0.5) is 0 Å². The van der Waals surface area contributed by atoms with E-state index in [9.17, 15) is 0 Å². The van der Waals surface area contributed by atoms with Gasteiger partial charge in [-0.1, -0.05) is 29.8 Å². The van der Waals surface area contributed by atoms with Gasteiger partial charge >= 0.3 is 0 Å². The van der Waals surface area contributed by atoms with Crippen molar-refractivity contribution in [3.05, 3.63) is 60.2 Å². The second-order valence-corrected chi connectivity index (χ2v) is 7.81. The van der Waals surface area contributed by atoms with Crippen molar-refractivity contribution in [3.8, 4) is 0 Å². The summed E-state index contributed by atoms with van der Waals surface area (Å²) in [6.45, 7) is 2.16. The van der Waals surface area contributed by atoms with E-state index in [1.165, 1.54) is 47.5 Å². The van der Waals surface area contributed by atoms with Crippen LogP contribution in [-0.2, 0) is 0 Å². The third-order valence-electron chi connectivity index (χ3n) is 4.36. The summed E-state index contributed by atoms with van der Waals surface area (Å²) >= 11 is 4.30. The zero-order valence-corrected chi connectivity index (χ0v) is 14.9. The molecule has 5 aromatic rings. The second kappa shape index (κ2) is 4.46. The van der Waals surface area contributed by atoms with Crippen molar-refractivity contribution < 1.29 is 0 Å². The molecule has 0 saturated carbocycles. The Bertz CT molecular complexity index is 1200. The van der Waals surface area contributed by atoms with E-state index < -0.39 is 0 Å². The van der Waals surface area contributed by atoms with E-state index in [2.05, 4.69) is 87.2 Å². The Morgan fingerprint density at radius 2 is 1.59 bits per heavy atom. The van der Waals surface area contributed by atoms with Crippen LogP contribution in [0.2, 0.25) is 0 Å². The summed E-state index contributed by atoms with van der Waals surface area (Å²) in [5.74, 6) is 0. The van der Waals surface area contributed by atoms with Gasteiger partial charge in [0.1, 0.15) is 0 Å². The fourth-order valence-electron chi connectivity index (χ4n) is 3.31. The highest BCUT2D eigenvalue weighted by Crippen LogP contribution is 2.40. The first kappa shape index (κ1) is 12.9. The molecule has 1 nitrogen and oxygen atoms in total. The van der Waals surface area contributed by atoms with Crippen LogP contribution in [0.15, 0.2) is 54.6 Å². The Kier molecular flexibility index (Phi) is 2.62. The van der Waals surface area contributed by atoms with E-state index in [4.69, 9.17) is 0 Å². The second-order valence-electron chi connectivity index (χ2n) is 5.77. The molecule has 0 unspecified atom stereocenters. The first-order valence-electron chi connectivity index (χ1n) is 7.24. The van der Waals surface area contributed by atoms with Crippen LogP contribution in [0.25, 0.3) is 42.0 Å².